The molecule has 1 aromatic heterocycles. The number of carbonyl (C=O) groups is 2. The fraction of sp³-hybridized carbons (Fsp3) is 0.438. The van der Waals surface area contributed by atoms with Gasteiger partial charge in [0.15, 0.2) is 0 Å². The number of unbranched alkanes of at least 4 members (excludes halogenated alkanes) is 2. The third-order valence-electron chi connectivity index (χ3n) is 7.24. The number of carbonyl (C=O) groups excluding carboxylic acids is 2. The van der Waals surface area contributed by atoms with Gasteiger partial charge in [-0.1, -0.05) is 50.1 Å². The second-order valence-corrected chi connectivity index (χ2v) is 11.3. The largest absolute Gasteiger partial charge is 0.379 e. The molecule has 0 spiro atoms. The van der Waals surface area contributed by atoms with Crippen molar-refractivity contribution in [2.24, 2.45) is 0 Å². The monoisotopic (exact) mass is 565 g/mol. The summed E-state index contributed by atoms with van der Waals surface area (Å²) in [5, 5.41) is 1.99. The number of halogens is 1. The first kappa shape index (κ1) is 29.9. The van der Waals surface area contributed by atoms with Gasteiger partial charge in [0.2, 0.25) is 5.91 Å². The topological polar surface area (TPSA) is 53.1 Å². The minimum Gasteiger partial charge on any atom is -0.379 e. The first-order chi connectivity index (χ1) is 19.5. The van der Waals surface area contributed by atoms with Crippen molar-refractivity contribution in [3.8, 4) is 0 Å². The van der Waals surface area contributed by atoms with E-state index < -0.39 is 0 Å². The number of ether oxygens (including phenoxy) is 1. The van der Waals surface area contributed by atoms with Gasteiger partial charge in [0.1, 0.15) is 12.4 Å². The van der Waals surface area contributed by atoms with Crippen LogP contribution in [0.1, 0.15) is 52.5 Å². The molecule has 2 aromatic carbocycles. The van der Waals surface area contributed by atoms with E-state index in [1.807, 2.05) is 41.8 Å². The third kappa shape index (κ3) is 9.25. The zero-order chi connectivity index (χ0) is 28.2. The predicted octanol–water partition coefficient (Wildman–Crippen LogP) is 5.62. The van der Waals surface area contributed by atoms with Gasteiger partial charge >= 0.3 is 0 Å². The Morgan fingerprint density at radius 2 is 1.65 bits per heavy atom. The number of thiophene rings is 1. The average Bonchev–Trinajstić information content (AvgIpc) is 3.50. The van der Waals surface area contributed by atoms with E-state index in [9.17, 15) is 14.0 Å². The summed E-state index contributed by atoms with van der Waals surface area (Å²) in [5.74, 6) is -0.583. The highest BCUT2D eigenvalue weighted by atomic mass is 32.1. The summed E-state index contributed by atoms with van der Waals surface area (Å²) in [4.78, 5) is 34.3. The standard InChI is InChI=1S/C32H40FN3O3S/c1-2-3-4-6-26-8-12-28(13-9-26)32(38)35(17-16-34-18-20-39-21-19-34)25-31(37)36(24-30-7-5-22-40-30)23-27-10-14-29(33)15-11-27/h5,7-15,22H,2-4,6,16-21,23-25H2,1H3. The number of rotatable bonds is 14. The minimum atomic E-state index is -0.309. The molecule has 1 fully saturated rings. The lowest BCUT2D eigenvalue weighted by molar-refractivity contribution is -0.133. The van der Waals surface area contributed by atoms with E-state index in [-0.39, 0.29) is 24.2 Å². The minimum absolute atomic E-state index is 0.0198. The fourth-order valence-electron chi connectivity index (χ4n) is 4.81. The van der Waals surface area contributed by atoms with Crippen molar-refractivity contribution in [3.05, 3.63) is 93.4 Å². The van der Waals surface area contributed by atoms with Gasteiger partial charge in [-0.05, 0) is 59.7 Å². The maximum atomic E-state index is 13.8. The highest BCUT2D eigenvalue weighted by Crippen LogP contribution is 2.17. The lowest BCUT2D eigenvalue weighted by atomic mass is 10.0. The van der Waals surface area contributed by atoms with E-state index in [4.69, 9.17) is 4.74 Å². The van der Waals surface area contributed by atoms with Crippen molar-refractivity contribution in [2.45, 2.75) is 45.7 Å². The molecule has 0 atom stereocenters. The van der Waals surface area contributed by atoms with Crippen LogP contribution in [0.15, 0.2) is 66.0 Å². The van der Waals surface area contributed by atoms with Crippen molar-refractivity contribution < 1.29 is 18.7 Å². The zero-order valence-corrected chi connectivity index (χ0v) is 24.2. The van der Waals surface area contributed by atoms with Crippen molar-refractivity contribution >= 4 is 23.2 Å². The van der Waals surface area contributed by atoms with Gasteiger partial charge in [0.05, 0.1) is 19.8 Å². The van der Waals surface area contributed by atoms with Gasteiger partial charge in [-0.3, -0.25) is 14.5 Å². The first-order valence-corrected chi connectivity index (χ1v) is 15.1. The number of nitrogens with zero attached hydrogens (tertiary/aromatic N) is 3. The maximum absolute atomic E-state index is 13.8. The van der Waals surface area contributed by atoms with Crippen molar-refractivity contribution in [3.63, 3.8) is 0 Å². The van der Waals surface area contributed by atoms with Crippen LogP contribution in [0.4, 0.5) is 4.39 Å². The van der Waals surface area contributed by atoms with Crippen LogP contribution >= 0.6 is 11.3 Å². The molecule has 8 heteroatoms. The van der Waals surface area contributed by atoms with Gasteiger partial charge in [-0.2, -0.15) is 0 Å². The molecule has 0 N–H and O–H groups in total. The highest BCUT2D eigenvalue weighted by molar-refractivity contribution is 7.09. The molecule has 0 radical (unpaired) electrons. The quantitative estimate of drug-likeness (QED) is 0.238. The molecular weight excluding hydrogens is 525 g/mol. The van der Waals surface area contributed by atoms with Crippen LogP contribution in [0.5, 0.6) is 0 Å². The van der Waals surface area contributed by atoms with E-state index in [2.05, 4.69) is 11.8 Å². The number of hydrogen-bond donors (Lipinski definition) is 0. The third-order valence-corrected chi connectivity index (χ3v) is 8.10. The molecule has 1 aliphatic heterocycles. The normalized spacial score (nSPS) is 13.8. The molecule has 40 heavy (non-hydrogen) atoms. The van der Waals surface area contributed by atoms with Crippen LogP contribution in [0, 0.1) is 5.82 Å². The van der Waals surface area contributed by atoms with Crippen LogP contribution in [-0.2, 0) is 29.0 Å². The molecule has 2 heterocycles. The number of aryl methyl sites for hydroxylation is 1. The summed E-state index contributed by atoms with van der Waals surface area (Å²) in [6.07, 6.45) is 4.51. The maximum Gasteiger partial charge on any atom is 0.254 e. The summed E-state index contributed by atoms with van der Waals surface area (Å²) >= 11 is 1.59. The Morgan fingerprint density at radius 1 is 0.925 bits per heavy atom. The lowest BCUT2D eigenvalue weighted by Crippen LogP contribution is -2.47. The summed E-state index contributed by atoms with van der Waals surface area (Å²) in [7, 11) is 0. The SMILES string of the molecule is CCCCCc1ccc(C(=O)N(CCN2CCOCC2)CC(=O)N(Cc2ccc(F)cc2)Cc2cccs2)cc1. The summed E-state index contributed by atoms with van der Waals surface area (Å²) in [5.41, 5.74) is 2.66. The second kappa shape index (κ2) is 15.6. The number of hydrogen-bond acceptors (Lipinski definition) is 5. The Morgan fingerprint density at radius 3 is 2.33 bits per heavy atom. The zero-order valence-electron chi connectivity index (χ0n) is 23.4. The summed E-state index contributed by atoms with van der Waals surface area (Å²) < 4.78 is 19.0. The molecule has 1 saturated heterocycles. The average molecular weight is 566 g/mol. The van der Waals surface area contributed by atoms with E-state index in [1.54, 1.807) is 33.3 Å². The molecule has 4 rings (SSSR count). The predicted molar refractivity (Wildman–Crippen MR) is 158 cm³/mol. The molecule has 2 amide bonds. The van der Waals surface area contributed by atoms with Crippen LogP contribution in [0.3, 0.4) is 0 Å². The molecule has 1 aliphatic rings. The summed E-state index contributed by atoms with van der Waals surface area (Å²) in [6.45, 7) is 7.07. The van der Waals surface area contributed by atoms with E-state index >= 15 is 0 Å². The van der Waals surface area contributed by atoms with Gasteiger partial charge < -0.3 is 14.5 Å². The van der Waals surface area contributed by atoms with Crippen LogP contribution in [0.2, 0.25) is 0 Å². The van der Waals surface area contributed by atoms with Crippen molar-refractivity contribution in [1.82, 2.24) is 14.7 Å². The van der Waals surface area contributed by atoms with Gasteiger partial charge in [0.25, 0.3) is 5.91 Å². The fourth-order valence-corrected chi connectivity index (χ4v) is 5.53. The van der Waals surface area contributed by atoms with E-state index in [0.29, 0.717) is 45.0 Å². The number of morpholine rings is 1. The van der Waals surface area contributed by atoms with Gasteiger partial charge in [-0.15, -0.1) is 11.3 Å². The van der Waals surface area contributed by atoms with E-state index in [1.165, 1.54) is 30.5 Å². The van der Waals surface area contributed by atoms with Crippen molar-refractivity contribution in [2.75, 3.05) is 45.9 Å². The van der Waals surface area contributed by atoms with Crippen LogP contribution < -0.4 is 0 Å². The highest BCUT2D eigenvalue weighted by Gasteiger charge is 2.24. The Kier molecular flexibility index (Phi) is 11.7. The smallest absolute Gasteiger partial charge is 0.254 e. The molecule has 0 saturated carbocycles. The molecule has 6 nitrogen and oxygen atoms in total. The molecule has 0 unspecified atom stereocenters. The summed E-state index contributed by atoms with van der Waals surface area (Å²) in [6, 6.07) is 18.0. The van der Waals surface area contributed by atoms with Crippen LogP contribution in [0.25, 0.3) is 0 Å². The Hall–Kier alpha value is -3.07. The molecule has 214 valence electrons. The molecule has 3 aromatic rings. The number of amides is 2. The Balaban J connectivity index is 1.49. The van der Waals surface area contributed by atoms with Crippen LogP contribution in [-0.4, -0.2) is 72.5 Å². The second-order valence-electron chi connectivity index (χ2n) is 10.3. The molecule has 0 bridgehead atoms. The van der Waals surface area contributed by atoms with Gasteiger partial charge in [-0.25, -0.2) is 4.39 Å². The lowest BCUT2D eigenvalue weighted by Gasteiger charge is -2.31. The molecule has 0 aliphatic carbocycles. The molecular formula is C32H40FN3O3S. The van der Waals surface area contributed by atoms with Crippen molar-refractivity contribution in [1.29, 1.82) is 0 Å². The first-order valence-electron chi connectivity index (χ1n) is 14.2. The Bertz CT molecular complexity index is 1180. The Labute approximate surface area is 241 Å². The number of benzene rings is 2. The van der Waals surface area contributed by atoms with Gasteiger partial charge in [0, 0.05) is 43.2 Å². The van der Waals surface area contributed by atoms with E-state index in [0.717, 1.165) is 36.4 Å².